The van der Waals surface area contributed by atoms with Gasteiger partial charge in [-0.3, -0.25) is 9.58 Å². The molecule has 0 spiro atoms. The van der Waals surface area contributed by atoms with Crippen molar-refractivity contribution < 1.29 is 5.11 Å². The van der Waals surface area contributed by atoms with Gasteiger partial charge in [-0.15, -0.1) is 10.2 Å². The van der Waals surface area contributed by atoms with Crippen molar-refractivity contribution >= 4 is 0 Å². The number of aromatic nitrogens is 5. The minimum absolute atomic E-state index is 0.552. The van der Waals surface area contributed by atoms with Crippen LogP contribution in [-0.2, 0) is 20.0 Å². The van der Waals surface area contributed by atoms with Crippen LogP contribution in [0.15, 0.2) is 18.6 Å². The van der Waals surface area contributed by atoms with E-state index >= 15 is 0 Å². The summed E-state index contributed by atoms with van der Waals surface area (Å²) in [6.45, 7) is 2.48. The summed E-state index contributed by atoms with van der Waals surface area (Å²) in [5.41, 5.74) is 0.377. The summed E-state index contributed by atoms with van der Waals surface area (Å²) in [6.07, 6.45) is 11.3. The van der Waals surface area contributed by atoms with Crippen LogP contribution in [0.5, 0.6) is 0 Å². The smallest absolute Gasteiger partial charge is 0.135 e. The molecule has 1 saturated carbocycles. The van der Waals surface area contributed by atoms with Crippen LogP contribution < -0.4 is 0 Å². The monoisotopic (exact) mass is 344 g/mol. The normalized spacial score (nSPS) is 25.7. The zero-order valence-electron chi connectivity index (χ0n) is 15.0. The predicted octanol–water partition coefficient (Wildman–Crippen LogP) is 1.70. The van der Waals surface area contributed by atoms with Crippen LogP contribution in [0.1, 0.15) is 56.1 Å². The summed E-state index contributed by atoms with van der Waals surface area (Å²) in [5.74, 6) is 0.842. The first-order valence-electron chi connectivity index (χ1n) is 9.43. The first-order valence-corrected chi connectivity index (χ1v) is 9.43. The standard InChI is InChI=1S/C18H28N6O/c1-22-14-19-20-17(22)11-18(25)8-4-9-23(13-18)12-15-7-10-24(21-15)16-5-2-3-6-16/h7,10,14,16,25H,2-6,8-9,11-13H2,1H3. The second-order valence-electron chi connectivity index (χ2n) is 7.80. The Kier molecular flexibility index (Phi) is 4.60. The van der Waals surface area contributed by atoms with E-state index in [9.17, 15) is 5.11 Å². The van der Waals surface area contributed by atoms with Gasteiger partial charge in [0.1, 0.15) is 12.2 Å². The molecular formula is C18H28N6O. The summed E-state index contributed by atoms with van der Waals surface area (Å²) in [7, 11) is 1.93. The number of likely N-dealkylation sites (tertiary alicyclic amines) is 1. The van der Waals surface area contributed by atoms with Crippen molar-refractivity contribution in [3.05, 3.63) is 30.1 Å². The van der Waals surface area contributed by atoms with Crippen molar-refractivity contribution in [1.82, 2.24) is 29.4 Å². The molecule has 0 amide bonds. The minimum atomic E-state index is -0.729. The second kappa shape index (κ2) is 6.88. The average Bonchev–Trinajstić information content (AvgIpc) is 3.30. The molecule has 0 radical (unpaired) electrons. The summed E-state index contributed by atoms with van der Waals surface area (Å²) in [5, 5.41) is 23.9. The first-order chi connectivity index (χ1) is 12.1. The van der Waals surface area contributed by atoms with Gasteiger partial charge >= 0.3 is 0 Å². The summed E-state index contributed by atoms with van der Waals surface area (Å²) < 4.78 is 4.04. The van der Waals surface area contributed by atoms with Gasteiger partial charge in [0.15, 0.2) is 0 Å². The summed E-state index contributed by atoms with van der Waals surface area (Å²) in [6, 6.07) is 2.72. The van der Waals surface area contributed by atoms with Crippen LogP contribution in [0, 0.1) is 0 Å². The highest BCUT2D eigenvalue weighted by Crippen LogP contribution is 2.29. The number of β-amino-alcohol motifs (C(OH)–C–C–N with tert-alkyl or cyclic N) is 1. The number of hydrogen-bond donors (Lipinski definition) is 1. The quantitative estimate of drug-likeness (QED) is 0.894. The van der Waals surface area contributed by atoms with E-state index in [1.807, 2.05) is 11.6 Å². The lowest BCUT2D eigenvalue weighted by atomic mass is 9.89. The maximum Gasteiger partial charge on any atom is 0.135 e. The van der Waals surface area contributed by atoms with E-state index in [0.29, 0.717) is 19.0 Å². The average molecular weight is 344 g/mol. The van der Waals surface area contributed by atoms with Gasteiger partial charge in [0, 0.05) is 32.8 Å². The molecule has 7 heteroatoms. The zero-order valence-corrected chi connectivity index (χ0v) is 15.0. The lowest BCUT2D eigenvalue weighted by molar-refractivity contribution is -0.0348. The number of aryl methyl sites for hydroxylation is 1. The summed E-state index contributed by atoms with van der Waals surface area (Å²) >= 11 is 0. The van der Waals surface area contributed by atoms with Crippen molar-refractivity contribution in [3.63, 3.8) is 0 Å². The van der Waals surface area contributed by atoms with Crippen LogP contribution in [0.25, 0.3) is 0 Å². The van der Waals surface area contributed by atoms with E-state index in [1.165, 1.54) is 25.7 Å². The first kappa shape index (κ1) is 16.7. The third kappa shape index (κ3) is 3.77. The molecule has 1 unspecified atom stereocenters. The minimum Gasteiger partial charge on any atom is -0.388 e. The largest absolute Gasteiger partial charge is 0.388 e. The Labute approximate surface area is 148 Å². The number of piperidine rings is 1. The Bertz CT molecular complexity index is 704. The van der Waals surface area contributed by atoms with Crippen LogP contribution in [-0.4, -0.2) is 53.2 Å². The fraction of sp³-hybridized carbons (Fsp3) is 0.722. The number of nitrogens with zero attached hydrogens (tertiary/aromatic N) is 6. The van der Waals surface area contributed by atoms with Gasteiger partial charge < -0.3 is 9.67 Å². The molecule has 1 aliphatic heterocycles. The van der Waals surface area contributed by atoms with Crippen LogP contribution >= 0.6 is 0 Å². The van der Waals surface area contributed by atoms with E-state index in [0.717, 1.165) is 37.4 Å². The molecule has 136 valence electrons. The molecule has 7 nitrogen and oxygen atoms in total. The fourth-order valence-electron chi connectivity index (χ4n) is 4.31. The molecular weight excluding hydrogens is 316 g/mol. The van der Waals surface area contributed by atoms with Crippen molar-refractivity contribution in [2.45, 2.75) is 63.1 Å². The SMILES string of the molecule is Cn1cnnc1CC1(O)CCCN(Cc2ccn(C3CCCC3)n2)C1. The molecule has 0 bridgehead atoms. The molecule has 1 N–H and O–H groups in total. The highest BCUT2D eigenvalue weighted by Gasteiger charge is 2.35. The molecule has 25 heavy (non-hydrogen) atoms. The van der Waals surface area contributed by atoms with Crippen LogP contribution in [0.2, 0.25) is 0 Å². The maximum absolute atomic E-state index is 11.0. The van der Waals surface area contributed by atoms with E-state index in [4.69, 9.17) is 5.10 Å². The van der Waals surface area contributed by atoms with Gasteiger partial charge in [0.2, 0.25) is 0 Å². The van der Waals surface area contributed by atoms with Gasteiger partial charge in [0.05, 0.1) is 17.3 Å². The molecule has 1 atom stereocenters. The number of rotatable bonds is 5. The van der Waals surface area contributed by atoms with E-state index in [-0.39, 0.29) is 0 Å². The van der Waals surface area contributed by atoms with Gasteiger partial charge in [0.25, 0.3) is 0 Å². The topological polar surface area (TPSA) is 72.0 Å². The Balaban J connectivity index is 1.38. The highest BCUT2D eigenvalue weighted by atomic mass is 16.3. The Morgan fingerprint density at radius 1 is 1.28 bits per heavy atom. The third-order valence-electron chi connectivity index (χ3n) is 5.67. The molecule has 1 saturated heterocycles. The second-order valence-corrected chi connectivity index (χ2v) is 7.80. The van der Waals surface area contributed by atoms with Crippen LogP contribution in [0.4, 0.5) is 0 Å². The Hall–Kier alpha value is -1.73. The predicted molar refractivity (Wildman–Crippen MR) is 93.9 cm³/mol. The molecule has 2 aliphatic rings. The number of aliphatic hydroxyl groups is 1. The lowest BCUT2D eigenvalue weighted by Gasteiger charge is -2.38. The number of hydrogen-bond acceptors (Lipinski definition) is 5. The van der Waals surface area contributed by atoms with Gasteiger partial charge in [-0.25, -0.2) is 0 Å². The zero-order chi connectivity index (χ0) is 17.3. The van der Waals surface area contributed by atoms with Crippen molar-refractivity contribution in [3.8, 4) is 0 Å². The molecule has 4 rings (SSSR count). The van der Waals surface area contributed by atoms with E-state index in [1.54, 1.807) is 6.33 Å². The molecule has 1 aliphatic carbocycles. The fourth-order valence-corrected chi connectivity index (χ4v) is 4.31. The van der Waals surface area contributed by atoms with Crippen molar-refractivity contribution in [2.24, 2.45) is 7.05 Å². The lowest BCUT2D eigenvalue weighted by Crippen LogP contribution is -2.49. The van der Waals surface area contributed by atoms with Gasteiger partial charge in [-0.05, 0) is 38.3 Å². The molecule has 2 aromatic rings. The molecule has 3 heterocycles. The van der Waals surface area contributed by atoms with Crippen molar-refractivity contribution in [1.29, 1.82) is 0 Å². The van der Waals surface area contributed by atoms with Gasteiger partial charge in [-0.1, -0.05) is 12.8 Å². The Morgan fingerprint density at radius 3 is 2.88 bits per heavy atom. The van der Waals surface area contributed by atoms with Crippen LogP contribution in [0.3, 0.4) is 0 Å². The third-order valence-corrected chi connectivity index (χ3v) is 5.67. The highest BCUT2D eigenvalue weighted by molar-refractivity contribution is 5.03. The van der Waals surface area contributed by atoms with E-state index < -0.39 is 5.60 Å². The van der Waals surface area contributed by atoms with Crippen molar-refractivity contribution in [2.75, 3.05) is 13.1 Å². The summed E-state index contributed by atoms with van der Waals surface area (Å²) in [4.78, 5) is 2.32. The van der Waals surface area contributed by atoms with Gasteiger partial charge in [-0.2, -0.15) is 5.10 Å². The van der Waals surface area contributed by atoms with E-state index in [2.05, 4.69) is 32.0 Å². The molecule has 2 fully saturated rings. The Morgan fingerprint density at radius 2 is 2.12 bits per heavy atom. The molecule has 0 aromatic carbocycles. The molecule has 2 aromatic heterocycles. The maximum atomic E-state index is 11.0.